The van der Waals surface area contributed by atoms with Crippen molar-refractivity contribution in [1.82, 2.24) is 14.4 Å². The van der Waals surface area contributed by atoms with Crippen LogP contribution in [0.4, 0.5) is 0 Å². The van der Waals surface area contributed by atoms with Crippen LogP contribution < -0.4 is 0 Å². The molecule has 0 amide bonds. The number of carbonyl (C=O) groups is 1. The van der Waals surface area contributed by atoms with E-state index >= 15 is 0 Å². The fourth-order valence-electron chi connectivity index (χ4n) is 1.86. The van der Waals surface area contributed by atoms with Gasteiger partial charge in [-0.15, -0.1) is 11.8 Å². The zero-order chi connectivity index (χ0) is 14.8. The number of carboxylic acids is 1. The molecule has 0 aliphatic carbocycles. The number of aromatic nitrogens is 3. The van der Waals surface area contributed by atoms with Gasteiger partial charge in [0, 0.05) is 29.2 Å². The van der Waals surface area contributed by atoms with E-state index in [9.17, 15) is 4.79 Å². The van der Waals surface area contributed by atoms with Gasteiger partial charge in [-0.05, 0) is 24.3 Å². The average Bonchev–Trinajstić information content (AvgIpc) is 2.89. The zero-order valence-corrected chi connectivity index (χ0v) is 12.3. The van der Waals surface area contributed by atoms with Gasteiger partial charge in [-0.3, -0.25) is 4.40 Å². The quantitative estimate of drug-likeness (QED) is 0.747. The number of nitrogens with zero attached hydrogens (tertiary/aromatic N) is 3. The Kier molecular flexibility index (Phi) is 3.81. The van der Waals surface area contributed by atoms with E-state index in [4.69, 9.17) is 16.7 Å². The maximum atomic E-state index is 11.0. The van der Waals surface area contributed by atoms with E-state index in [1.54, 1.807) is 24.4 Å². The van der Waals surface area contributed by atoms with Gasteiger partial charge >= 0.3 is 5.97 Å². The molecular weight excluding hydrogens is 310 g/mol. The van der Waals surface area contributed by atoms with E-state index in [0.717, 1.165) is 10.6 Å². The Bertz CT molecular complexity index is 786. The first kappa shape index (κ1) is 13.9. The van der Waals surface area contributed by atoms with Gasteiger partial charge in [0.05, 0.1) is 16.3 Å². The van der Waals surface area contributed by atoms with E-state index in [0.29, 0.717) is 11.5 Å². The van der Waals surface area contributed by atoms with Gasteiger partial charge in [-0.1, -0.05) is 11.6 Å². The highest BCUT2D eigenvalue weighted by atomic mass is 35.5. The number of imidazole rings is 1. The molecule has 2 heterocycles. The van der Waals surface area contributed by atoms with E-state index in [-0.39, 0.29) is 10.6 Å². The molecule has 0 aliphatic heterocycles. The zero-order valence-electron chi connectivity index (χ0n) is 10.7. The Labute approximate surface area is 129 Å². The largest absolute Gasteiger partial charge is 0.478 e. The summed E-state index contributed by atoms with van der Waals surface area (Å²) in [4.78, 5) is 20.4. The molecule has 0 bridgehead atoms. The van der Waals surface area contributed by atoms with Gasteiger partial charge in [0.2, 0.25) is 5.78 Å². The second-order valence-electron chi connectivity index (χ2n) is 4.29. The summed E-state index contributed by atoms with van der Waals surface area (Å²) in [6.45, 7) is 0. The van der Waals surface area contributed by atoms with Crippen LogP contribution in [0, 0.1) is 0 Å². The van der Waals surface area contributed by atoms with E-state index in [1.807, 2.05) is 22.9 Å². The minimum Gasteiger partial charge on any atom is -0.478 e. The molecule has 106 valence electrons. The van der Waals surface area contributed by atoms with Crippen molar-refractivity contribution in [1.29, 1.82) is 0 Å². The molecule has 21 heavy (non-hydrogen) atoms. The highest BCUT2D eigenvalue weighted by molar-refractivity contribution is 7.98. The number of carboxylic acid groups (broad SMARTS) is 1. The smallest absolute Gasteiger partial charge is 0.337 e. The fourth-order valence-corrected chi connectivity index (χ4v) is 2.88. The van der Waals surface area contributed by atoms with Gasteiger partial charge in [0.15, 0.2) is 0 Å². The number of fused-ring (bicyclic) bond motifs is 1. The standard InChI is InChI=1S/C14H10ClN3O2S/c15-12-3-2-10(6-11(12)13(19)20)21-8-9-7-18-5-1-4-16-14(18)17-9/h1-7H,8H2,(H,19,20). The van der Waals surface area contributed by atoms with Crippen molar-refractivity contribution in [2.75, 3.05) is 0 Å². The van der Waals surface area contributed by atoms with Crippen molar-refractivity contribution < 1.29 is 9.90 Å². The van der Waals surface area contributed by atoms with Crippen molar-refractivity contribution in [2.24, 2.45) is 0 Å². The summed E-state index contributed by atoms with van der Waals surface area (Å²) < 4.78 is 1.85. The number of thioether (sulfide) groups is 1. The molecule has 0 saturated carbocycles. The van der Waals surface area contributed by atoms with Gasteiger partial charge < -0.3 is 5.11 Å². The molecule has 1 N–H and O–H groups in total. The van der Waals surface area contributed by atoms with Gasteiger partial charge in [0.1, 0.15) is 0 Å². The Morgan fingerprint density at radius 3 is 3.05 bits per heavy atom. The summed E-state index contributed by atoms with van der Waals surface area (Å²) in [7, 11) is 0. The van der Waals surface area contributed by atoms with Crippen molar-refractivity contribution >= 4 is 35.1 Å². The molecule has 5 nitrogen and oxygen atoms in total. The highest BCUT2D eigenvalue weighted by Gasteiger charge is 2.10. The summed E-state index contributed by atoms with van der Waals surface area (Å²) in [5.41, 5.74) is 0.990. The lowest BCUT2D eigenvalue weighted by molar-refractivity contribution is 0.0697. The second-order valence-corrected chi connectivity index (χ2v) is 5.75. The van der Waals surface area contributed by atoms with E-state index in [2.05, 4.69) is 9.97 Å². The lowest BCUT2D eigenvalue weighted by Gasteiger charge is -2.03. The maximum absolute atomic E-state index is 11.0. The molecule has 0 spiro atoms. The summed E-state index contributed by atoms with van der Waals surface area (Å²) in [6, 6.07) is 6.80. The molecule has 2 aromatic heterocycles. The SMILES string of the molecule is O=C(O)c1cc(SCc2cn3cccnc3n2)ccc1Cl. The number of hydrogen-bond acceptors (Lipinski definition) is 4. The molecule has 0 aliphatic rings. The number of aromatic carboxylic acids is 1. The van der Waals surface area contributed by atoms with Crippen LogP contribution in [0.3, 0.4) is 0 Å². The first-order valence-electron chi connectivity index (χ1n) is 6.08. The maximum Gasteiger partial charge on any atom is 0.337 e. The number of benzene rings is 1. The lowest BCUT2D eigenvalue weighted by atomic mass is 10.2. The number of hydrogen-bond donors (Lipinski definition) is 1. The minimum absolute atomic E-state index is 0.110. The molecule has 3 rings (SSSR count). The van der Waals surface area contributed by atoms with Crippen LogP contribution in [-0.2, 0) is 5.75 Å². The Hall–Kier alpha value is -2.05. The Morgan fingerprint density at radius 1 is 1.43 bits per heavy atom. The monoisotopic (exact) mass is 319 g/mol. The van der Waals surface area contributed by atoms with Crippen molar-refractivity contribution in [3.63, 3.8) is 0 Å². The summed E-state index contributed by atoms with van der Waals surface area (Å²) in [5.74, 6) is 0.249. The predicted molar refractivity (Wildman–Crippen MR) is 81.0 cm³/mol. The predicted octanol–water partition coefficient (Wildman–Crippen LogP) is 3.37. The first-order chi connectivity index (χ1) is 10.1. The van der Waals surface area contributed by atoms with Gasteiger partial charge in [-0.25, -0.2) is 14.8 Å². The Morgan fingerprint density at radius 2 is 2.29 bits per heavy atom. The number of halogens is 1. The highest BCUT2D eigenvalue weighted by Crippen LogP contribution is 2.27. The van der Waals surface area contributed by atoms with Crippen LogP contribution in [-0.4, -0.2) is 25.4 Å². The first-order valence-corrected chi connectivity index (χ1v) is 7.44. The van der Waals surface area contributed by atoms with Crippen LogP contribution >= 0.6 is 23.4 Å². The molecule has 0 atom stereocenters. The van der Waals surface area contributed by atoms with Crippen LogP contribution in [0.25, 0.3) is 5.78 Å². The molecule has 3 aromatic rings. The molecule has 0 radical (unpaired) electrons. The minimum atomic E-state index is -1.03. The van der Waals surface area contributed by atoms with Crippen LogP contribution in [0.15, 0.2) is 47.8 Å². The van der Waals surface area contributed by atoms with Crippen molar-refractivity contribution in [3.8, 4) is 0 Å². The van der Waals surface area contributed by atoms with E-state index in [1.165, 1.54) is 11.8 Å². The lowest BCUT2D eigenvalue weighted by Crippen LogP contribution is -1.97. The third-order valence-corrected chi connectivity index (χ3v) is 4.20. The van der Waals surface area contributed by atoms with E-state index < -0.39 is 5.97 Å². The summed E-state index contributed by atoms with van der Waals surface area (Å²) in [6.07, 6.45) is 5.48. The third kappa shape index (κ3) is 3.01. The second kappa shape index (κ2) is 5.75. The normalized spacial score (nSPS) is 10.9. The van der Waals surface area contributed by atoms with Crippen LogP contribution in [0.5, 0.6) is 0 Å². The topological polar surface area (TPSA) is 67.5 Å². The average molecular weight is 320 g/mol. The summed E-state index contributed by atoms with van der Waals surface area (Å²) in [5, 5.41) is 9.29. The van der Waals surface area contributed by atoms with Crippen LogP contribution in [0.1, 0.15) is 16.1 Å². The van der Waals surface area contributed by atoms with Gasteiger partial charge in [0.25, 0.3) is 0 Å². The van der Waals surface area contributed by atoms with Gasteiger partial charge in [-0.2, -0.15) is 0 Å². The molecular formula is C14H10ClN3O2S. The number of rotatable bonds is 4. The molecule has 0 unspecified atom stereocenters. The van der Waals surface area contributed by atoms with Crippen molar-refractivity contribution in [3.05, 3.63) is 59.1 Å². The van der Waals surface area contributed by atoms with Crippen LogP contribution in [0.2, 0.25) is 5.02 Å². The van der Waals surface area contributed by atoms with Crippen molar-refractivity contribution in [2.45, 2.75) is 10.6 Å². The summed E-state index contributed by atoms with van der Waals surface area (Å²) >= 11 is 7.35. The molecule has 1 aromatic carbocycles. The third-order valence-electron chi connectivity index (χ3n) is 2.84. The Balaban J connectivity index is 1.78. The molecule has 0 saturated heterocycles. The fraction of sp³-hybridized carbons (Fsp3) is 0.0714. The molecule has 0 fully saturated rings. The molecule has 7 heteroatoms.